The van der Waals surface area contributed by atoms with E-state index in [1.165, 1.54) is 18.6 Å². The molecule has 1 aliphatic rings. The number of aromatic hydroxyl groups is 1. The molecule has 0 aliphatic carbocycles. The molecule has 1 aromatic heterocycles. The summed E-state index contributed by atoms with van der Waals surface area (Å²) in [5.41, 5.74) is 1.58. The highest BCUT2D eigenvalue weighted by atomic mass is 32.2. The maximum absolute atomic E-state index is 9.72. The van der Waals surface area contributed by atoms with E-state index < -0.39 is 0 Å². The lowest BCUT2D eigenvalue weighted by atomic mass is 10.1. The van der Waals surface area contributed by atoms with Crippen molar-refractivity contribution < 1.29 is 9.63 Å². The fraction of sp³-hybridized carbons (Fsp3) is 0.429. The molecular formula is C14H16N2O2S. The number of rotatable bonds is 2. The first-order valence-corrected chi connectivity index (χ1v) is 7.55. The van der Waals surface area contributed by atoms with Crippen LogP contribution in [0.5, 0.6) is 5.75 Å². The normalized spacial score (nSPS) is 19.5. The monoisotopic (exact) mass is 276 g/mol. The van der Waals surface area contributed by atoms with Crippen LogP contribution in [0, 0.1) is 6.92 Å². The Morgan fingerprint density at radius 1 is 1.37 bits per heavy atom. The van der Waals surface area contributed by atoms with Crippen LogP contribution in [-0.4, -0.2) is 21.0 Å². The first-order chi connectivity index (χ1) is 9.25. The molecule has 1 fully saturated rings. The van der Waals surface area contributed by atoms with E-state index in [1.54, 1.807) is 12.1 Å². The molecule has 2 aromatic rings. The minimum atomic E-state index is 0.254. The van der Waals surface area contributed by atoms with Crippen molar-refractivity contribution in [1.82, 2.24) is 10.1 Å². The van der Waals surface area contributed by atoms with E-state index in [-0.39, 0.29) is 5.75 Å². The van der Waals surface area contributed by atoms with Gasteiger partial charge in [-0.25, -0.2) is 0 Å². The lowest BCUT2D eigenvalue weighted by Crippen LogP contribution is -2.03. The van der Waals surface area contributed by atoms with Crippen LogP contribution in [0.2, 0.25) is 0 Å². The molecular weight excluding hydrogens is 260 g/mol. The Morgan fingerprint density at radius 3 is 3.05 bits per heavy atom. The molecule has 1 atom stereocenters. The standard InChI is InChI=1S/C14H16N2O2S/c1-9-10(5-4-6-11(9)17)14-15-13(16-18-14)12-7-2-3-8-19-12/h4-6,12,17H,2-3,7-8H2,1H3. The molecule has 2 heterocycles. The van der Waals surface area contributed by atoms with E-state index in [2.05, 4.69) is 10.1 Å². The third-order valence-corrected chi connectivity index (χ3v) is 4.82. The Bertz CT molecular complexity index is 577. The number of phenolic OH excluding ortho intramolecular Hbond substituents is 1. The summed E-state index contributed by atoms with van der Waals surface area (Å²) in [6, 6.07) is 5.34. The van der Waals surface area contributed by atoms with E-state index >= 15 is 0 Å². The third-order valence-electron chi connectivity index (χ3n) is 3.45. The summed E-state index contributed by atoms with van der Waals surface area (Å²) in [4.78, 5) is 4.50. The summed E-state index contributed by atoms with van der Waals surface area (Å²) < 4.78 is 5.35. The van der Waals surface area contributed by atoms with Crippen molar-refractivity contribution in [3.05, 3.63) is 29.6 Å². The van der Waals surface area contributed by atoms with E-state index in [1.807, 2.05) is 24.8 Å². The fourth-order valence-electron chi connectivity index (χ4n) is 2.27. The van der Waals surface area contributed by atoms with Gasteiger partial charge in [0.15, 0.2) is 5.82 Å². The van der Waals surface area contributed by atoms with Crippen molar-refractivity contribution in [2.24, 2.45) is 0 Å². The highest BCUT2D eigenvalue weighted by Crippen LogP contribution is 2.38. The van der Waals surface area contributed by atoms with Crippen molar-refractivity contribution in [3.63, 3.8) is 0 Å². The number of thioether (sulfide) groups is 1. The number of hydrogen-bond acceptors (Lipinski definition) is 5. The summed E-state index contributed by atoms with van der Waals surface area (Å²) >= 11 is 1.90. The molecule has 1 aliphatic heterocycles. The summed E-state index contributed by atoms with van der Waals surface area (Å²) in [6.07, 6.45) is 3.62. The smallest absolute Gasteiger partial charge is 0.258 e. The second-order valence-corrected chi connectivity index (χ2v) is 6.07. The van der Waals surface area contributed by atoms with E-state index in [9.17, 15) is 5.11 Å². The molecule has 1 N–H and O–H groups in total. The molecule has 1 saturated heterocycles. The summed E-state index contributed by atoms with van der Waals surface area (Å²) in [7, 11) is 0. The Hall–Kier alpha value is -1.49. The number of benzene rings is 1. The minimum Gasteiger partial charge on any atom is -0.508 e. The van der Waals surface area contributed by atoms with Crippen molar-refractivity contribution in [3.8, 4) is 17.2 Å². The maximum Gasteiger partial charge on any atom is 0.258 e. The highest BCUT2D eigenvalue weighted by Gasteiger charge is 2.22. The van der Waals surface area contributed by atoms with Crippen LogP contribution in [0.4, 0.5) is 0 Å². The summed E-state index contributed by atoms with van der Waals surface area (Å²) in [5, 5.41) is 14.2. The molecule has 5 heteroatoms. The van der Waals surface area contributed by atoms with E-state index in [0.29, 0.717) is 11.1 Å². The SMILES string of the molecule is Cc1c(O)cccc1-c1nc(C2CCCCS2)no1. The van der Waals surface area contributed by atoms with Crippen molar-refractivity contribution in [2.45, 2.75) is 31.4 Å². The average molecular weight is 276 g/mol. The van der Waals surface area contributed by atoms with Gasteiger partial charge in [-0.15, -0.1) is 0 Å². The van der Waals surface area contributed by atoms with Crippen LogP contribution >= 0.6 is 11.8 Å². The second-order valence-electron chi connectivity index (χ2n) is 4.76. The first-order valence-electron chi connectivity index (χ1n) is 6.50. The van der Waals surface area contributed by atoms with E-state index in [4.69, 9.17) is 4.52 Å². The Labute approximate surface area is 116 Å². The van der Waals surface area contributed by atoms with Gasteiger partial charge in [0.1, 0.15) is 5.75 Å². The molecule has 1 unspecified atom stereocenters. The van der Waals surface area contributed by atoms with Crippen LogP contribution in [0.25, 0.3) is 11.5 Å². The molecule has 1 aromatic carbocycles. The van der Waals surface area contributed by atoms with Gasteiger partial charge in [-0.3, -0.25) is 0 Å². The molecule has 0 radical (unpaired) electrons. The van der Waals surface area contributed by atoms with Gasteiger partial charge in [0, 0.05) is 11.1 Å². The highest BCUT2D eigenvalue weighted by molar-refractivity contribution is 7.99. The van der Waals surface area contributed by atoms with Gasteiger partial charge in [0.2, 0.25) is 0 Å². The molecule has 4 nitrogen and oxygen atoms in total. The van der Waals surface area contributed by atoms with Crippen LogP contribution in [0.15, 0.2) is 22.7 Å². The molecule has 0 bridgehead atoms. The minimum absolute atomic E-state index is 0.254. The maximum atomic E-state index is 9.72. The van der Waals surface area contributed by atoms with Crippen LogP contribution in [0.1, 0.15) is 35.9 Å². The summed E-state index contributed by atoms with van der Waals surface area (Å²) in [5.74, 6) is 2.70. The quantitative estimate of drug-likeness (QED) is 0.906. The zero-order chi connectivity index (χ0) is 13.2. The molecule has 0 amide bonds. The number of aromatic nitrogens is 2. The van der Waals surface area contributed by atoms with Gasteiger partial charge >= 0.3 is 0 Å². The number of phenols is 1. The van der Waals surface area contributed by atoms with Gasteiger partial charge < -0.3 is 9.63 Å². The van der Waals surface area contributed by atoms with Crippen molar-refractivity contribution in [2.75, 3.05) is 5.75 Å². The first kappa shape index (κ1) is 12.5. The Balaban J connectivity index is 1.90. The van der Waals surface area contributed by atoms with Gasteiger partial charge in [-0.05, 0) is 37.7 Å². The number of nitrogens with zero attached hydrogens (tertiary/aromatic N) is 2. The predicted molar refractivity (Wildman–Crippen MR) is 75.2 cm³/mol. The topological polar surface area (TPSA) is 59.2 Å². The molecule has 0 spiro atoms. The molecule has 19 heavy (non-hydrogen) atoms. The Morgan fingerprint density at radius 2 is 2.26 bits per heavy atom. The van der Waals surface area contributed by atoms with Gasteiger partial charge in [0.05, 0.1) is 5.25 Å². The molecule has 0 saturated carbocycles. The number of hydrogen-bond donors (Lipinski definition) is 1. The van der Waals surface area contributed by atoms with Crippen molar-refractivity contribution in [1.29, 1.82) is 0 Å². The molecule has 3 rings (SSSR count). The van der Waals surface area contributed by atoms with Crippen LogP contribution < -0.4 is 0 Å². The second kappa shape index (κ2) is 5.25. The third kappa shape index (κ3) is 2.47. The van der Waals surface area contributed by atoms with Gasteiger partial charge in [0.25, 0.3) is 5.89 Å². The van der Waals surface area contributed by atoms with E-state index in [0.717, 1.165) is 23.4 Å². The fourth-order valence-corrected chi connectivity index (χ4v) is 3.51. The van der Waals surface area contributed by atoms with Crippen LogP contribution in [0.3, 0.4) is 0 Å². The average Bonchev–Trinajstić information content (AvgIpc) is 2.92. The van der Waals surface area contributed by atoms with Crippen molar-refractivity contribution >= 4 is 11.8 Å². The Kier molecular flexibility index (Phi) is 3.46. The predicted octanol–water partition coefficient (Wildman–Crippen LogP) is 3.71. The summed E-state index contributed by atoms with van der Waals surface area (Å²) in [6.45, 7) is 1.85. The van der Waals surface area contributed by atoms with Crippen LogP contribution in [-0.2, 0) is 0 Å². The zero-order valence-electron chi connectivity index (χ0n) is 10.8. The molecule has 100 valence electrons. The lowest BCUT2D eigenvalue weighted by Gasteiger charge is -2.17. The van der Waals surface area contributed by atoms with Gasteiger partial charge in [-0.1, -0.05) is 17.6 Å². The largest absolute Gasteiger partial charge is 0.508 e. The lowest BCUT2D eigenvalue weighted by molar-refractivity contribution is 0.419. The zero-order valence-corrected chi connectivity index (χ0v) is 11.6. The van der Waals surface area contributed by atoms with Gasteiger partial charge in [-0.2, -0.15) is 16.7 Å².